The summed E-state index contributed by atoms with van der Waals surface area (Å²) in [7, 11) is 0. The Labute approximate surface area is 139 Å². The predicted octanol–water partition coefficient (Wildman–Crippen LogP) is 1.72. The highest BCUT2D eigenvalue weighted by Gasteiger charge is 2.25. The molecule has 2 amide bonds. The summed E-state index contributed by atoms with van der Waals surface area (Å²) in [5.74, 6) is 0.123. The fraction of sp³-hybridized carbons (Fsp3) is 0.222. The van der Waals surface area contributed by atoms with E-state index < -0.39 is 6.04 Å². The van der Waals surface area contributed by atoms with E-state index in [1.54, 1.807) is 24.3 Å². The number of amides is 2. The molecule has 2 N–H and O–H groups in total. The molecule has 1 atom stereocenters. The Morgan fingerprint density at radius 2 is 1.92 bits per heavy atom. The third kappa shape index (κ3) is 4.33. The van der Waals surface area contributed by atoms with Gasteiger partial charge in [-0.05, 0) is 29.8 Å². The number of hydrogen-bond acceptors (Lipinski definition) is 4. The lowest BCUT2D eigenvalue weighted by Gasteiger charge is -2.22. The van der Waals surface area contributed by atoms with E-state index in [1.807, 2.05) is 30.3 Å². The molecule has 1 aliphatic rings. The molecule has 124 valence electrons. The van der Waals surface area contributed by atoms with Crippen molar-refractivity contribution < 1.29 is 19.1 Å². The first-order valence-corrected chi connectivity index (χ1v) is 7.65. The second-order valence-electron chi connectivity index (χ2n) is 5.42. The maximum atomic E-state index is 12.1. The van der Waals surface area contributed by atoms with E-state index in [2.05, 4.69) is 10.6 Å². The zero-order valence-electron chi connectivity index (χ0n) is 13.0. The number of hydrogen-bond donors (Lipinski definition) is 2. The molecule has 24 heavy (non-hydrogen) atoms. The predicted molar refractivity (Wildman–Crippen MR) is 88.6 cm³/mol. The summed E-state index contributed by atoms with van der Waals surface area (Å²) >= 11 is 0. The first kappa shape index (κ1) is 16.0. The molecular weight excluding hydrogens is 308 g/mol. The molecule has 2 aromatic carbocycles. The van der Waals surface area contributed by atoms with Gasteiger partial charge in [-0.25, -0.2) is 0 Å². The Hall–Kier alpha value is -2.86. The molecule has 2 aromatic rings. The van der Waals surface area contributed by atoms with E-state index >= 15 is 0 Å². The van der Waals surface area contributed by atoms with Gasteiger partial charge in [-0.3, -0.25) is 9.59 Å². The summed E-state index contributed by atoms with van der Waals surface area (Å²) in [6.07, 6.45) is 0. The van der Waals surface area contributed by atoms with Crippen LogP contribution in [0.3, 0.4) is 0 Å². The van der Waals surface area contributed by atoms with E-state index in [9.17, 15) is 9.59 Å². The number of nitrogens with one attached hydrogen (secondary N) is 2. The number of carbonyl (C=O) groups excluding carboxylic acids is 2. The molecule has 1 aliphatic heterocycles. The van der Waals surface area contributed by atoms with Crippen molar-refractivity contribution in [1.82, 2.24) is 5.32 Å². The molecule has 1 unspecified atom stereocenters. The minimum atomic E-state index is -0.666. The lowest BCUT2D eigenvalue weighted by molar-refractivity contribution is -0.136. The average Bonchev–Trinajstić information content (AvgIpc) is 2.62. The van der Waals surface area contributed by atoms with Crippen LogP contribution in [0, 0.1) is 0 Å². The lowest BCUT2D eigenvalue weighted by atomic mass is 10.2. The van der Waals surface area contributed by atoms with Crippen molar-refractivity contribution in [3.63, 3.8) is 0 Å². The minimum absolute atomic E-state index is 0.00275. The highest BCUT2D eigenvalue weighted by molar-refractivity contribution is 5.97. The van der Waals surface area contributed by atoms with Crippen LogP contribution in [0.4, 0.5) is 5.69 Å². The second kappa shape index (κ2) is 7.61. The van der Waals surface area contributed by atoms with Crippen LogP contribution in [0.2, 0.25) is 0 Å². The highest BCUT2D eigenvalue weighted by atomic mass is 16.5. The Bertz CT molecular complexity index is 701. The molecule has 1 heterocycles. The van der Waals surface area contributed by atoms with Gasteiger partial charge in [-0.1, -0.05) is 30.3 Å². The fourth-order valence-corrected chi connectivity index (χ4v) is 2.29. The van der Waals surface area contributed by atoms with Crippen LogP contribution in [0.25, 0.3) is 0 Å². The SMILES string of the molecule is O=C1COCC(C(=O)Nc2ccc(OCc3ccccc3)cc2)N1. The van der Waals surface area contributed by atoms with E-state index in [1.165, 1.54) is 0 Å². The summed E-state index contributed by atoms with van der Waals surface area (Å²) in [4.78, 5) is 23.3. The summed E-state index contributed by atoms with van der Waals surface area (Å²) in [6, 6.07) is 16.3. The molecule has 1 saturated heterocycles. The standard InChI is InChI=1S/C18H18N2O4/c21-17-12-23-11-16(20-17)18(22)19-14-6-8-15(9-7-14)24-10-13-4-2-1-3-5-13/h1-9,16H,10-12H2,(H,19,22)(H,20,21). The third-order valence-corrected chi connectivity index (χ3v) is 3.54. The lowest BCUT2D eigenvalue weighted by Crippen LogP contribution is -2.51. The largest absolute Gasteiger partial charge is 0.489 e. The van der Waals surface area contributed by atoms with Crippen molar-refractivity contribution in [3.05, 3.63) is 60.2 Å². The molecule has 0 aromatic heterocycles. The van der Waals surface area contributed by atoms with Crippen molar-refractivity contribution in [3.8, 4) is 5.75 Å². The Kier molecular flexibility index (Phi) is 5.08. The molecule has 0 bridgehead atoms. The van der Waals surface area contributed by atoms with Gasteiger partial charge in [0.15, 0.2) is 0 Å². The first-order chi connectivity index (χ1) is 11.7. The quantitative estimate of drug-likeness (QED) is 0.877. The van der Waals surface area contributed by atoms with Gasteiger partial charge in [0.1, 0.15) is 25.0 Å². The van der Waals surface area contributed by atoms with Crippen molar-refractivity contribution in [1.29, 1.82) is 0 Å². The van der Waals surface area contributed by atoms with Crippen LogP contribution in [0.1, 0.15) is 5.56 Å². The number of anilines is 1. The summed E-state index contributed by atoms with van der Waals surface area (Å²) in [6.45, 7) is 0.658. The third-order valence-electron chi connectivity index (χ3n) is 3.54. The number of ether oxygens (including phenoxy) is 2. The van der Waals surface area contributed by atoms with Crippen LogP contribution >= 0.6 is 0 Å². The summed E-state index contributed by atoms with van der Waals surface area (Å²) in [5, 5.41) is 5.33. The van der Waals surface area contributed by atoms with Crippen LogP contribution in [0.5, 0.6) is 5.75 Å². The first-order valence-electron chi connectivity index (χ1n) is 7.65. The van der Waals surface area contributed by atoms with E-state index in [0.717, 1.165) is 5.56 Å². The highest BCUT2D eigenvalue weighted by Crippen LogP contribution is 2.17. The topological polar surface area (TPSA) is 76.7 Å². The van der Waals surface area contributed by atoms with Gasteiger partial charge in [0.25, 0.3) is 0 Å². The van der Waals surface area contributed by atoms with Crippen LogP contribution in [0.15, 0.2) is 54.6 Å². The molecule has 6 heteroatoms. The van der Waals surface area contributed by atoms with Crippen molar-refractivity contribution >= 4 is 17.5 Å². The Morgan fingerprint density at radius 3 is 2.62 bits per heavy atom. The Balaban J connectivity index is 1.52. The maximum absolute atomic E-state index is 12.1. The van der Waals surface area contributed by atoms with Gasteiger partial charge in [0.05, 0.1) is 6.61 Å². The number of carbonyl (C=O) groups is 2. The van der Waals surface area contributed by atoms with Gasteiger partial charge >= 0.3 is 0 Å². The monoisotopic (exact) mass is 326 g/mol. The fourth-order valence-electron chi connectivity index (χ4n) is 2.29. The van der Waals surface area contributed by atoms with Gasteiger partial charge < -0.3 is 20.1 Å². The van der Waals surface area contributed by atoms with E-state index in [-0.39, 0.29) is 25.0 Å². The smallest absolute Gasteiger partial charge is 0.249 e. The number of rotatable bonds is 5. The van der Waals surface area contributed by atoms with Gasteiger partial charge in [-0.15, -0.1) is 0 Å². The molecule has 0 saturated carbocycles. The normalized spacial score (nSPS) is 17.0. The average molecular weight is 326 g/mol. The van der Waals surface area contributed by atoms with Crippen LogP contribution in [-0.2, 0) is 20.9 Å². The molecule has 6 nitrogen and oxygen atoms in total. The van der Waals surface area contributed by atoms with E-state index in [4.69, 9.17) is 9.47 Å². The molecule has 1 fully saturated rings. The van der Waals surface area contributed by atoms with Crippen molar-refractivity contribution in [2.24, 2.45) is 0 Å². The molecule has 0 aliphatic carbocycles. The van der Waals surface area contributed by atoms with Gasteiger partial charge in [0, 0.05) is 5.69 Å². The zero-order valence-corrected chi connectivity index (χ0v) is 13.0. The molecule has 0 radical (unpaired) electrons. The van der Waals surface area contributed by atoms with E-state index in [0.29, 0.717) is 18.0 Å². The number of morpholine rings is 1. The number of benzene rings is 2. The molecular formula is C18H18N2O4. The van der Waals surface area contributed by atoms with Gasteiger partial charge in [-0.2, -0.15) is 0 Å². The van der Waals surface area contributed by atoms with Crippen LogP contribution < -0.4 is 15.4 Å². The van der Waals surface area contributed by atoms with Crippen molar-refractivity contribution in [2.45, 2.75) is 12.6 Å². The molecule has 0 spiro atoms. The minimum Gasteiger partial charge on any atom is -0.489 e. The Morgan fingerprint density at radius 1 is 1.17 bits per heavy atom. The zero-order chi connectivity index (χ0) is 16.8. The van der Waals surface area contributed by atoms with Gasteiger partial charge in [0.2, 0.25) is 11.8 Å². The summed E-state index contributed by atoms with van der Waals surface area (Å²) < 4.78 is 10.7. The van der Waals surface area contributed by atoms with Crippen molar-refractivity contribution in [2.75, 3.05) is 18.5 Å². The summed E-state index contributed by atoms with van der Waals surface area (Å²) in [5.41, 5.74) is 1.72. The molecule has 3 rings (SSSR count). The second-order valence-corrected chi connectivity index (χ2v) is 5.42. The van der Waals surface area contributed by atoms with Crippen LogP contribution in [-0.4, -0.2) is 31.1 Å². The maximum Gasteiger partial charge on any atom is 0.249 e.